The van der Waals surface area contributed by atoms with E-state index in [1.807, 2.05) is 30.7 Å². The molecule has 1 N–H and O–H groups in total. The van der Waals surface area contributed by atoms with Crippen LogP contribution in [-0.2, 0) is 20.7 Å². The van der Waals surface area contributed by atoms with Crippen LogP contribution in [0.3, 0.4) is 0 Å². The van der Waals surface area contributed by atoms with E-state index < -0.39 is 12.0 Å². The van der Waals surface area contributed by atoms with Crippen LogP contribution in [0.2, 0.25) is 0 Å². The highest BCUT2D eigenvalue weighted by molar-refractivity contribution is 7.08. The van der Waals surface area contributed by atoms with E-state index in [1.165, 1.54) is 7.11 Å². The number of aromatic nitrogens is 2. The number of rotatable bonds is 8. The zero-order chi connectivity index (χ0) is 17.5. The molecule has 0 radical (unpaired) electrons. The second-order valence-electron chi connectivity index (χ2n) is 5.80. The van der Waals surface area contributed by atoms with E-state index in [1.54, 1.807) is 11.3 Å². The van der Waals surface area contributed by atoms with Crippen molar-refractivity contribution in [1.29, 1.82) is 0 Å². The molecule has 1 amide bonds. The van der Waals surface area contributed by atoms with Gasteiger partial charge in [-0.05, 0) is 23.8 Å². The van der Waals surface area contributed by atoms with Crippen LogP contribution in [0, 0.1) is 5.92 Å². The molecule has 24 heavy (non-hydrogen) atoms. The van der Waals surface area contributed by atoms with Crippen LogP contribution in [0.5, 0.6) is 0 Å². The summed E-state index contributed by atoms with van der Waals surface area (Å²) in [6, 6.07) is 1.27. The monoisotopic (exact) mass is 351 g/mol. The Bertz CT molecular complexity index is 667. The van der Waals surface area contributed by atoms with Crippen molar-refractivity contribution >= 4 is 23.2 Å². The van der Waals surface area contributed by atoms with E-state index in [0.29, 0.717) is 24.6 Å². The van der Waals surface area contributed by atoms with E-state index in [9.17, 15) is 9.59 Å². The van der Waals surface area contributed by atoms with Crippen LogP contribution in [0.1, 0.15) is 32.6 Å². The molecule has 2 aromatic heterocycles. The van der Waals surface area contributed by atoms with E-state index >= 15 is 0 Å². The maximum absolute atomic E-state index is 12.1. The molecule has 0 aliphatic carbocycles. The molecule has 0 aliphatic heterocycles. The minimum absolute atomic E-state index is 0.164. The van der Waals surface area contributed by atoms with E-state index in [4.69, 9.17) is 9.26 Å². The smallest absolute Gasteiger partial charge is 0.328 e. The first-order valence-electron chi connectivity index (χ1n) is 7.72. The number of hydrogen-bond donors (Lipinski definition) is 1. The molecule has 1 unspecified atom stereocenters. The third-order valence-electron chi connectivity index (χ3n) is 3.34. The Hall–Kier alpha value is -2.22. The molecule has 0 spiro atoms. The van der Waals surface area contributed by atoms with Gasteiger partial charge in [-0.3, -0.25) is 4.79 Å². The molecule has 1 atom stereocenters. The molecule has 0 saturated heterocycles. The number of esters is 1. The summed E-state index contributed by atoms with van der Waals surface area (Å²) in [5.74, 6) is 0.484. The second-order valence-corrected chi connectivity index (χ2v) is 6.58. The Morgan fingerprint density at radius 2 is 2.21 bits per heavy atom. The lowest BCUT2D eigenvalue weighted by Crippen LogP contribution is -2.42. The fraction of sp³-hybridized carbons (Fsp3) is 0.500. The minimum Gasteiger partial charge on any atom is -0.467 e. The first-order chi connectivity index (χ1) is 11.5. The zero-order valence-corrected chi connectivity index (χ0v) is 14.8. The van der Waals surface area contributed by atoms with Crippen molar-refractivity contribution in [2.75, 3.05) is 7.11 Å². The van der Waals surface area contributed by atoms with Gasteiger partial charge in [-0.2, -0.15) is 16.3 Å². The topological polar surface area (TPSA) is 94.3 Å². The summed E-state index contributed by atoms with van der Waals surface area (Å²) in [5, 5.41) is 10.5. The number of nitrogens with zero attached hydrogens (tertiary/aromatic N) is 2. The molecule has 0 aliphatic rings. The summed E-state index contributed by atoms with van der Waals surface area (Å²) in [4.78, 5) is 28.0. The Labute approximate surface area is 144 Å². The van der Waals surface area contributed by atoms with Crippen LogP contribution >= 0.6 is 11.3 Å². The summed E-state index contributed by atoms with van der Waals surface area (Å²) in [6.07, 6.45) is 1.01. The lowest BCUT2D eigenvalue weighted by molar-refractivity contribution is -0.145. The number of ether oxygens (including phenoxy) is 1. The molecular formula is C16H21N3O4S. The predicted octanol–water partition coefficient (Wildman–Crippen LogP) is 2.43. The lowest BCUT2D eigenvalue weighted by atomic mass is 10.0. The molecule has 0 aromatic carbocycles. The third kappa shape index (κ3) is 5.16. The van der Waals surface area contributed by atoms with Gasteiger partial charge in [0.05, 0.1) is 7.11 Å². The van der Waals surface area contributed by atoms with Gasteiger partial charge >= 0.3 is 5.97 Å². The van der Waals surface area contributed by atoms with Crippen LogP contribution in [0.4, 0.5) is 0 Å². The SMILES string of the molecule is COC(=O)C(CC(C)C)NC(=O)CCc1nc(-c2ccsc2)no1. The van der Waals surface area contributed by atoms with Crippen molar-refractivity contribution in [1.82, 2.24) is 15.5 Å². The van der Waals surface area contributed by atoms with Gasteiger partial charge in [0.15, 0.2) is 0 Å². The van der Waals surface area contributed by atoms with Gasteiger partial charge in [-0.15, -0.1) is 0 Å². The van der Waals surface area contributed by atoms with Crippen LogP contribution in [0.25, 0.3) is 11.4 Å². The average Bonchev–Trinajstić information content (AvgIpc) is 3.21. The Balaban J connectivity index is 1.87. The molecule has 8 heteroatoms. The molecule has 0 saturated carbocycles. The summed E-state index contributed by atoms with van der Waals surface area (Å²) >= 11 is 1.55. The lowest BCUT2D eigenvalue weighted by Gasteiger charge is -2.18. The van der Waals surface area contributed by atoms with Crippen molar-refractivity contribution in [3.8, 4) is 11.4 Å². The number of hydrogen-bond acceptors (Lipinski definition) is 7. The van der Waals surface area contributed by atoms with Gasteiger partial charge in [-0.1, -0.05) is 19.0 Å². The van der Waals surface area contributed by atoms with Crippen molar-refractivity contribution in [2.45, 2.75) is 39.2 Å². The Morgan fingerprint density at radius 1 is 1.42 bits per heavy atom. The number of aryl methyl sites for hydroxylation is 1. The largest absolute Gasteiger partial charge is 0.467 e. The van der Waals surface area contributed by atoms with Gasteiger partial charge < -0.3 is 14.6 Å². The van der Waals surface area contributed by atoms with Crippen LogP contribution in [-0.4, -0.2) is 35.2 Å². The van der Waals surface area contributed by atoms with Gasteiger partial charge in [0.2, 0.25) is 17.6 Å². The first kappa shape index (κ1) is 18.1. The number of carbonyl (C=O) groups excluding carboxylic acids is 2. The molecule has 2 heterocycles. The highest BCUT2D eigenvalue weighted by Crippen LogP contribution is 2.19. The number of carbonyl (C=O) groups is 2. The molecule has 130 valence electrons. The van der Waals surface area contributed by atoms with Crippen molar-refractivity contribution in [3.63, 3.8) is 0 Å². The van der Waals surface area contributed by atoms with E-state index in [0.717, 1.165) is 5.56 Å². The summed E-state index contributed by atoms with van der Waals surface area (Å²) in [7, 11) is 1.31. The Kier molecular flexibility index (Phi) is 6.48. The standard InChI is InChI=1S/C16H21N3O4S/c1-10(2)8-12(16(21)22-3)17-13(20)4-5-14-18-15(19-23-14)11-6-7-24-9-11/h6-7,9-10,12H,4-5,8H2,1-3H3,(H,17,20). The van der Waals surface area contributed by atoms with Gasteiger partial charge in [0.1, 0.15) is 6.04 Å². The normalized spacial score (nSPS) is 12.2. The second kappa shape index (κ2) is 8.58. The predicted molar refractivity (Wildman–Crippen MR) is 89.3 cm³/mol. The molecule has 7 nitrogen and oxygen atoms in total. The van der Waals surface area contributed by atoms with Crippen LogP contribution < -0.4 is 5.32 Å². The fourth-order valence-corrected chi connectivity index (χ4v) is 2.81. The van der Waals surface area contributed by atoms with Crippen molar-refractivity contribution < 1.29 is 18.8 Å². The summed E-state index contributed by atoms with van der Waals surface area (Å²) in [5.41, 5.74) is 0.891. The summed E-state index contributed by atoms with van der Waals surface area (Å²) in [6.45, 7) is 3.96. The zero-order valence-electron chi connectivity index (χ0n) is 13.9. The third-order valence-corrected chi connectivity index (χ3v) is 4.02. The quantitative estimate of drug-likeness (QED) is 0.734. The van der Waals surface area contributed by atoms with Crippen molar-refractivity contribution in [2.24, 2.45) is 5.92 Å². The molecule has 0 bridgehead atoms. The maximum Gasteiger partial charge on any atom is 0.328 e. The maximum atomic E-state index is 12.1. The van der Waals surface area contributed by atoms with Gasteiger partial charge in [0.25, 0.3) is 0 Å². The van der Waals surface area contributed by atoms with Gasteiger partial charge in [0, 0.05) is 23.8 Å². The van der Waals surface area contributed by atoms with E-state index in [2.05, 4.69) is 15.5 Å². The van der Waals surface area contributed by atoms with Crippen molar-refractivity contribution in [3.05, 3.63) is 22.7 Å². The fourth-order valence-electron chi connectivity index (χ4n) is 2.18. The first-order valence-corrected chi connectivity index (χ1v) is 8.66. The number of methoxy groups -OCH3 is 1. The highest BCUT2D eigenvalue weighted by Gasteiger charge is 2.22. The number of amides is 1. The summed E-state index contributed by atoms with van der Waals surface area (Å²) < 4.78 is 9.88. The molecule has 0 fully saturated rings. The molecule has 2 rings (SSSR count). The van der Waals surface area contributed by atoms with Gasteiger partial charge in [-0.25, -0.2) is 4.79 Å². The average molecular weight is 351 g/mol. The number of thiophene rings is 1. The minimum atomic E-state index is -0.633. The highest BCUT2D eigenvalue weighted by atomic mass is 32.1. The van der Waals surface area contributed by atoms with E-state index in [-0.39, 0.29) is 18.2 Å². The Morgan fingerprint density at radius 3 is 2.83 bits per heavy atom. The molecular weight excluding hydrogens is 330 g/mol. The van der Waals surface area contributed by atoms with Crippen LogP contribution in [0.15, 0.2) is 21.3 Å². The molecule has 2 aromatic rings. The number of nitrogens with one attached hydrogen (secondary N) is 1.